The quantitative estimate of drug-likeness (QED) is 0.915. The van der Waals surface area contributed by atoms with Crippen molar-refractivity contribution in [1.29, 1.82) is 0 Å². The van der Waals surface area contributed by atoms with E-state index < -0.39 is 5.91 Å². The highest BCUT2D eigenvalue weighted by Crippen LogP contribution is 2.22. The first-order valence-corrected chi connectivity index (χ1v) is 7.01. The van der Waals surface area contributed by atoms with Crippen LogP contribution in [-0.4, -0.2) is 49.6 Å². The number of hydrogen-bond donors (Lipinski definition) is 1. The van der Waals surface area contributed by atoms with Crippen molar-refractivity contribution < 1.29 is 23.2 Å². The van der Waals surface area contributed by atoms with Crippen LogP contribution in [0, 0.1) is 0 Å². The van der Waals surface area contributed by atoms with Gasteiger partial charge in [0.05, 0.1) is 26.0 Å². The van der Waals surface area contributed by atoms with Crippen molar-refractivity contribution in [3.8, 4) is 11.5 Å². The van der Waals surface area contributed by atoms with Gasteiger partial charge in [-0.3, -0.25) is 9.59 Å². The largest absolute Gasteiger partial charge is 0.461 e. The Morgan fingerprint density at radius 3 is 2.68 bits per heavy atom. The summed E-state index contributed by atoms with van der Waals surface area (Å²) in [6.07, 6.45) is 1.53. The minimum absolute atomic E-state index is 0.0599. The number of nitrogens with zero attached hydrogens (tertiary/aromatic N) is 1. The Bertz CT molecular complexity index is 641. The molecule has 1 aliphatic heterocycles. The lowest BCUT2D eigenvalue weighted by Gasteiger charge is -2.26. The lowest BCUT2D eigenvalue weighted by atomic mass is 10.3. The van der Waals surface area contributed by atoms with Crippen molar-refractivity contribution in [3.05, 3.63) is 36.3 Å². The van der Waals surface area contributed by atoms with Crippen molar-refractivity contribution in [2.45, 2.75) is 0 Å². The molecule has 0 bridgehead atoms. The fourth-order valence-electron chi connectivity index (χ4n) is 2.18. The molecule has 1 fully saturated rings. The Hall–Kier alpha value is -2.54. The van der Waals surface area contributed by atoms with Crippen LogP contribution in [0.5, 0.6) is 0 Å². The molecule has 3 rings (SSSR count). The monoisotopic (exact) mass is 304 g/mol. The molecule has 7 heteroatoms. The summed E-state index contributed by atoms with van der Waals surface area (Å²) in [5, 5.41) is 2.56. The number of carbonyl (C=O) groups excluding carboxylic acids is 2. The van der Waals surface area contributed by atoms with Gasteiger partial charge in [0, 0.05) is 13.1 Å². The smallest absolute Gasteiger partial charge is 0.287 e. The van der Waals surface area contributed by atoms with Gasteiger partial charge in [-0.05, 0) is 24.3 Å². The summed E-state index contributed by atoms with van der Waals surface area (Å²) in [6, 6.07) is 6.67. The Morgan fingerprint density at radius 2 is 1.95 bits per heavy atom. The molecule has 116 valence electrons. The molecule has 0 radical (unpaired) electrons. The van der Waals surface area contributed by atoms with Crippen molar-refractivity contribution >= 4 is 11.8 Å². The molecule has 0 atom stereocenters. The van der Waals surface area contributed by atoms with Gasteiger partial charge in [0.2, 0.25) is 5.91 Å². The summed E-state index contributed by atoms with van der Waals surface area (Å²) in [4.78, 5) is 25.6. The summed E-state index contributed by atoms with van der Waals surface area (Å²) < 4.78 is 15.8. The van der Waals surface area contributed by atoms with Crippen LogP contribution in [0.4, 0.5) is 0 Å². The Labute approximate surface area is 126 Å². The van der Waals surface area contributed by atoms with E-state index in [1.165, 1.54) is 6.26 Å². The predicted octanol–water partition coefficient (Wildman–Crippen LogP) is 1.13. The molecular weight excluding hydrogens is 288 g/mol. The number of amides is 2. The molecule has 1 N–H and O–H groups in total. The van der Waals surface area contributed by atoms with Crippen LogP contribution >= 0.6 is 0 Å². The molecular formula is C15H16N2O5. The summed E-state index contributed by atoms with van der Waals surface area (Å²) in [5.74, 6) is 0.591. The fourth-order valence-corrected chi connectivity index (χ4v) is 2.18. The highest BCUT2D eigenvalue weighted by molar-refractivity contribution is 5.94. The number of rotatable bonds is 4. The van der Waals surface area contributed by atoms with Crippen LogP contribution in [0.25, 0.3) is 11.5 Å². The molecule has 2 aromatic rings. The van der Waals surface area contributed by atoms with E-state index in [1.54, 1.807) is 29.2 Å². The van der Waals surface area contributed by atoms with E-state index in [0.29, 0.717) is 37.8 Å². The average molecular weight is 304 g/mol. The molecule has 1 aliphatic rings. The van der Waals surface area contributed by atoms with Gasteiger partial charge in [-0.1, -0.05) is 0 Å². The molecule has 22 heavy (non-hydrogen) atoms. The SMILES string of the molecule is O=C(NCC(=O)N1CCOCC1)c1ccc(-c2ccco2)o1. The van der Waals surface area contributed by atoms with Crippen LogP contribution in [-0.2, 0) is 9.53 Å². The van der Waals surface area contributed by atoms with Gasteiger partial charge in [0.1, 0.15) is 0 Å². The van der Waals surface area contributed by atoms with Gasteiger partial charge in [-0.2, -0.15) is 0 Å². The first-order chi connectivity index (χ1) is 10.7. The zero-order valence-electron chi connectivity index (χ0n) is 11.9. The topological polar surface area (TPSA) is 84.9 Å². The van der Waals surface area contributed by atoms with Crippen LogP contribution in [0.15, 0.2) is 39.4 Å². The fraction of sp³-hybridized carbons (Fsp3) is 0.333. The number of hydrogen-bond acceptors (Lipinski definition) is 5. The Balaban J connectivity index is 1.54. The second-order valence-corrected chi connectivity index (χ2v) is 4.82. The minimum atomic E-state index is -0.431. The summed E-state index contributed by atoms with van der Waals surface area (Å²) in [6.45, 7) is 2.11. The van der Waals surface area contributed by atoms with Crippen molar-refractivity contribution in [1.82, 2.24) is 10.2 Å². The zero-order valence-corrected chi connectivity index (χ0v) is 11.9. The maximum absolute atomic E-state index is 12.0. The molecule has 0 unspecified atom stereocenters. The summed E-state index contributed by atoms with van der Waals surface area (Å²) in [7, 11) is 0. The van der Waals surface area contributed by atoms with E-state index in [1.807, 2.05) is 0 Å². The third-order valence-electron chi connectivity index (χ3n) is 3.36. The lowest BCUT2D eigenvalue weighted by molar-refractivity contribution is -0.134. The third kappa shape index (κ3) is 3.20. The standard InChI is InChI=1S/C15H16N2O5/c18-14(17-5-8-20-9-6-17)10-16-15(19)13-4-3-12(22-13)11-2-1-7-21-11/h1-4,7H,5-6,8-10H2,(H,16,19). The van der Waals surface area contributed by atoms with Gasteiger partial charge in [-0.25, -0.2) is 0 Å². The van der Waals surface area contributed by atoms with E-state index in [2.05, 4.69) is 5.32 Å². The highest BCUT2D eigenvalue weighted by atomic mass is 16.5. The zero-order chi connectivity index (χ0) is 15.4. The highest BCUT2D eigenvalue weighted by Gasteiger charge is 2.19. The summed E-state index contributed by atoms with van der Waals surface area (Å²) >= 11 is 0. The first kappa shape index (κ1) is 14.4. The molecule has 0 aromatic carbocycles. The average Bonchev–Trinajstić information content (AvgIpc) is 3.23. The maximum atomic E-state index is 12.0. The van der Waals surface area contributed by atoms with Gasteiger partial charge in [-0.15, -0.1) is 0 Å². The number of carbonyl (C=O) groups is 2. The molecule has 3 heterocycles. The van der Waals surface area contributed by atoms with Crippen molar-refractivity contribution in [2.75, 3.05) is 32.8 Å². The van der Waals surface area contributed by atoms with Gasteiger partial charge >= 0.3 is 0 Å². The van der Waals surface area contributed by atoms with E-state index in [4.69, 9.17) is 13.6 Å². The summed E-state index contributed by atoms with van der Waals surface area (Å²) in [5.41, 5.74) is 0. The third-order valence-corrected chi connectivity index (χ3v) is 3.36. The van der Waals surface area contributed by atoms with Crippen LogP contribution in [0.2, 0.25) is 0 Å². The van der Waals surface area contributed by atoms with E-state index >= 15 is 0 Å². The van der Waals surface area contributed by atoms with Crippen LogP contribution in [0.3, 0.4) is 0 Å². The molecule has 1 saturated heterocycles. The van der Waals surface area contributed by atoms with E-state index in [9.17, 15) is 9.59 Å². The number of nitrogens with one attached hydrogen (secondary N) is 1. The molecule has 0 aliphatic carbocycles. The minimum Gasteiger partial charge on any atom is -0.461 e. The second-order valence-electron chi connectivity index (χ2n) is 4.82. The number of furan rings is 2. The predicted molar refractivity (Wildman–Crippen MR) is 76.1 cm³/mol. The van der Waals surface area contributed by atoms with E-state index in [-0.39, 0.29) is 18.2 Å². The number of morpholine rings is 1. The van der Waals surface area contributed by atoms with Gasteiger partial charge < -0.3 is 23.8 Å². The first-order valence-electron chi connectivity index (χ1n) is 7.01. The molecule has 7 nitrogen and oxygen atoms in total. The van der Waals surface area contributed by atoms with Gasteiger partial charge in [0.15, 0.2) is 17.3 Å². The van der Waals surface area contributed by atoms with Crippen molar-refractivity contribution in [2.24, 2.45) is 0 Å². The van der Waals surface area contributed by atoms with Gasteiger partial charge in [0.25, 0.3) is 5.91 Å². The van der Waals surface area contributed by atoms with Crippen LogP contribution in [0.1, 0.15) is 10.6 Å². The molecule has 0 spiro atoms. The Morgan fingerprint density at radius 1 is 1.14 bits per heavy atom. The Kier molecular flexibility index (Phi) is 4.24. The molecule has 2 amide bonds. The van der Waals surface area contributed by atoms with E-state index in [0.717, 1.165) is 0 Å². The van der Waals surface area contributed by atoms with Crippen molar-refractivity contribution in [3.63, 3.8) is 0 Å². The second kappa shape index (κ2) is 6.48. The lowest BCUT2D eigenvalue weighted by Crippen LogP contribution is -2.45. The maximum Gasteiger partial charge on any atom is 0.287 e. The van der Waals surface area contributed by atoms with Crippen LogP contribution < -0.4 is 5.32 Å². The molecule has 0 saturated carbocycles. The normalized spacial score (nSPS) is 14.8. The molecule has 2 aromatic heterocycles. The number of ether oxygens (including phenoxy) is 1.